The number of rotatable bonds is 5. The van der Waals surface area contributed by atoms with Crippen molar-refractivity contribution in [2.24, 2.45) is 13.0 Å². The van der Waals surface area contributed by atoms with Gasteiger partial charge >= 0.3 is 6.09 Å². The Hall–Kier alpha value is -1.61. The number of amides is 1. The lowest BCUT2D eigenvalue weighted by Gasteiger charge is -2.36. The summed E-state index contributed by atoms with van der Waals surface area (Å²) in [5.41, 5.74) is -0.566. The van der Waals surface area contributed by atoms with Gasteiger partial charge in [-0.3, -0.25) is 0 Å². The van der Waals surface area contributed by atoms with Gasteiger partial charge < -0.3 is 14.2 Å². The lowest BCUT2D eigenvalue weighted by molar-refractivity contribution is 0.0137. The Kier molecular flexibility index (Phi) is 6.81. The number of hydrogen-bond donors (Lipinski definition) is 0. The molecule has 0 aromatic carbocycles. The molecule has 2 heterocycles. The summed E-state index contributed by atoms with van der Waals surface area (Å²) >= 11 is 0. The number of nitrogens with zero attached hydrogens (tertiary/aromatic N) is 4. The van der Waals surface area contributed by atoms with Gasteiger partial charge in [0.1, 0.15) is 11.4 Å². The Morgan fingerprint density at radius 3 is 2.54 bits per heavy atom. The highest BCUT2D eigenvalue weighted by atomic mass is 32.2. The van der Waals surface area contributed by atoms with Crippen molar-refractivity contribution >= 4 is 16.1 Å². The van der Waals surface area contributed by atoms with Crippen molar-refractivity contribution in [2.75, 3.05) is 19.6 Å². The van der Waals surface area contributed by atoms with Crippen molar-refractivity contribution in [3.63, 3.8) is 0 Å². The molecule has 1 unspecified atom stereocenters. The summed E-state index contributed by atoms with van der Waals surface area (Å²) in [5, 5.41) is 0.0843. The van der Waals surface area contributed by atoms with E-state index in [1.165, 1.54) is 4.31 Å². The molecule has 1 aromatic rings. The van der Waals surface area contributed by atoms with Crippen LogP contribution < -0.4 is 0 Å². The lowest BCUT2D eigenvalue weighted by atomic mass is 9.98. The van der Waals surface area contributed by atoms with Gasteiger partial charge in [-0.1, -0.05) is 0 Å². The van der Waals surface area contributed by atoms with E-state index in [9.17, 15) is 13.2 Å². The predicted molar refractivity (Wildman–Crippen MR) is 108 cm³/mol. The minimum absolute atomic E-state index is 0.0275. The second-order valence-electron chi connectivity index (χ2n) is 8.84. The van der Waals surface area contributed by atoms with Crippen LogP contribution in [0, 0.1) is 12.8 Å². The number of aryl methyl sites for hydroxylation is 2. The van der Waals surface area contributed by atoms with E-state index in [1.807, 2.05) is 34.6 Å². The maximum Gasteiger partial charge on any atom is 0.410 e. The highest BCUT2D eigenvalue weighted by molar-refractivity contribution is 7.89. The van der Waals surface area contributed by atoms with Crippen molar-refractivity contribution < 1.29 is 17.9 Å². The Morgan fingerprint density at radius 1 is 1.39 bits per heavy atom. The molecular weight excluding hydrogens is 380 g/mol. The van der Waals surface area contributed by atoms with Crippen LogP contribution in [0.2, 0.25) is 0 Å². The molecule has 1 aromatic heterocycles. The molecule has 9 heteroatoms. The number of piperidine rings is 1. The van der Waals surface area contributed by atoms with Crippen molar-refractivity contribution in [1.29, 1.82) is 0 Å². The van der Waals surface area contributed by atoms with Gasteiger partial charge in [0.2, 0.25) is 0 Å². The SMILES string of the molecule is Cc1nc(S(=O)(=O)N2CCCC(CN(C(=O)OC(C)(C)C)C(C)C)C2)cn1C. The van der Waals surface area contributed by atoms with Crippen LogP contribution in [0.15, 0.2) is 11.2 Å². The maximum atomic E-state index is 13.0. The number of carbonyl (C=O) groups excluding carboxylic acids is 1. The molecule has 1 amide bonds. The fourth-order valence-corrected chi connectivity index (χ4v) is 4.85. The van der Waals surface area contributed by atoms with Gasteiger partial charge in [-0.2, -0.15) is 4.31 Å². The third-order valence-corrected chi connectivity index (χ3v) is 6.62. The smallest absolute Gasteiger partial charge is 0.410 e. The Labute approximate surface area is 168 Å². The van der Waals surface area contributed by atoms with Gasteiger partial charge in [0.05, 0.1) is 0 Å². The number of sulfonamides is 1. The second-order valence-corrected chi connectivity index (χ2v) is 10.7. The third kappa shape index (κ3) is 5.47. The average molecular weight is 415 g/mol. The molecule has 0 spiro atoms. The molecule has 0 saturated carbocycles. The topological polar surface area (TPSA) is 84.7 Å². The summed E-state index contributed by atoms with van der Waals surface area (Å²) in [5.74, 6) is 0.714. The van der Waals surface area contributed by atoms with E-state index >= 15 is 0 Å². The van der Waals surface area contributed by atoms with Gasteiger partial charge in [0.15, 0.2) is 5.03 Å². The Morgan fingerprint density at radius 2 is 2.04 bits per heavy atom. The van der Waals surface area contributed by atoms with Gasteiger partial charge in [-0.05, 0) is 60.3 Å². The molecule has 1 saturated heterocycles. The van der Waals surface area contributed by atoms with E-state index in [4.69, 9.17) is 4.74 Å². The number of aromatic nitrogens is 2. The summed E-state index contributed by atoms with van der Waals surface area (Å²) in [6.45, 7) is 12.5. The van der Waals surface area contributed by atoms with Crippen molar-refractivity contribution in [3.8, 4) is 0 Å². The molecule has 0 radical (unpaired) electrons. The van der Waals surface area contributed by atoms with Crippen LogP contribution in [0.1, 0.15) is 53.3 Å². The van der Waals surface area contributed by atoms with Crippen LogP contribution in [0.25, 0.3) is 0 Å². The Bertz CT molecular complexity index is 776. The monoisotopic (exact) mass is 414 g/mol. The fourth-order valence-electron chi connectivity index (χ4n) is 3.27. The summed E-state index contributed by atoms with van der Waals surface area (Å²) in [7, 11) is -1.86. The predicted octanol–water partition coefficient (Wildman–Crippen LogP) is 2.77. The lowest BCUT2D eigenvalue weighted by Crippen LogP contribution is -2.48. The summed E-state index contributed by atoms with van der Waals surface area (Å²) in [6.07, 6.45) is 2.83. The van der Waals surface area contributed by atoms with Gasteiger partial charge in [0.25, 0.3) is 10.0 Å². The van der Waals surface area contributed by atoms with E-state index in [0.717, 1.165) is 12.8 Å². The molecule has 1 aliphatic heterocycles. The summed E-state index contributed by atoms with van der Waals surface area (Å²) in [4.78, 5) is 18.5. The number of carbonyl (C=O) groups is 1. The number of hydrogen-bond acceptors (Lipinski definition) is 5. The standard InChI is InChI=1S/C19H34N4O4S/c1-14(2)23(18(24)27-19(4,5)6)12-16-9-8-10-22(11-16)28(25,26)17-13-21(7)15(3)20-17/h13-14,16H,8-12H2,1-7H3. The number of ether oxygens (including phenoxy) is 1. The molecule has 1 aliphatic rings. The van der Waals surface area contributed by atoms with Crippen LogP contribution in [-0.4, -0.2) is 64.5 Å². The zero-order valence-corrected chi connectivity index (χ0v) is 18.9. The average Bonchev–Trinajstić information content (AvgIpc) is 2.91. The van der Waals surface area contributed by atoms with E-state index in [0.29, 0.717) is 25.5 Å². The highest BCUT2D eigenvalue weighted by Gasteiger charge is 2.34. The highest BCUT2D eigenvalue weighted by Crippen LogP contribution is 2.25. The largest absolute Gasteiger partial charge is 0.444 e. The molecule has 0 bridgehead atoms. The summed E-state index contributed by atoms with van der Waals surface area (Å²) in [6, 6.07) is -0.0275. The van der Waals surface area contributed by atoms with Crippen molar-refractivity contribution in [2.45, 2.75) is 71.1 Å². The van der Waals surface area contributed by atoms with Gasteiger partial charge in [-0.15, -0.1) is 0 Å². The zero-order chi connectivity index (χ0) is 21.3. The molecule has 8 nitrogen and oxygen atoms in total. The first-order valence-corrected chi connectivity index (χ1v) is 11.2. The van der Waals surface area contributed by atoms with Gasteiger partial charge in [-0.25, -0.2) is 18.2 Å². The van der Waals surface area contributed by atoms with E-state index < -0.39 is 15.6 Å². The van der Waals surface area contributed by atoms with Crippen LogP contribution in [0.3, 0.4) is 0 Å². The number of imidazole rings is 1. The van der Waals surface area contributed by atoms with Crippen LogP contribution in [-0.2, 0) is 21.8 Å². The van der Waals surface area contributed by atoms with E-state index in [2.05, 4.69) is 4.98 Å². The van der Waals surface area contributed by atoms with Gasteiger partial charge in [0, 0.05) is 38.9 Å². The zero-order valence-electron chi connectivity index (χ0n) is 18.1. The maximum absolute atomic E-state index is 13.0. The first kappa shape index (κ1) is 22.7. The molecule has 0 aliphatic carbocycles. The molecule has 160 valence electrons. The molecule has 2 rings (SSSR count). The molecular formula is C19H34N4O4S. The molecule has 1 fully saturated rings. The molecule has 1 atom stereocenters. The minimum atomic E-state index is -3.64. The first-order valence-electron chi connectivity index (χ1n) is 9.81. The normalized spacial score (nSPS) is 19.1. The van der Waals surface area contributed by atoms with Crippen LogP contribution in [0.4, 0.5) is 4.79 Å². The fraction of sp³-hybridized carbons (Fsp3) is 0.789. The van der Waals surface area contributed by atoms with Crippen LogP contribution >= 0.6 is 0 Å². The van der Waals surface area contributed by atoms with Crippen LogP contribution in [0.5, 0.6) is 0 Å². The Balaban J connectivity index is 2.12. The molecule has 28 heavy (non-hydrogen) atoms. The summed E-state index contributed by atoms with van der Waals surface area (Å²) < 4.78 is 34.7. The first-order chi connectivity index (χ1) is 12.8. The van der Waals surface area contributed by atoms with E-state index in [1.54, 1.807) is 29.6 Å². The van der Waals surface area contributed by atoms with Crippen molar-refractivity contribution in [1.82, 2.24) is 18.8 Å². The minimum Gasteiger partial charge on any atom is -0.444 e. The van der Waals surface area contributed by atoms with E-state index in [-0.39, 0.29) is 23.1 Å². The quantitative estimate of drug-likeness (QED) is 0.740. The van der Waals surface area contributed by atoms with Crippen molar-refractivity contribution in [3.05, 3.63) is 12.0 Å². The third-order valence-electron chi connectivity index (χ3n) is 4.88. The molecule has 0 N–H and O–H groups in total. The second kappa shape index (κ2) is 8.41.